The van der Waals surface area contributed by atoms with Gasteiger partial charge in [-0.05, 0) is 44.7 Å². The maximum Gasteiger partial charge on any atom is 0.0900 e. The van der Waals surface area contributed by atoms with Crippen LogP contribution < -0.4 is 11.3 Å². The number of hydrogen-bond acceptors (Lipinski definition) is 5. The van der Waals surface area contributed by atoms with Crippen LogP contribution in [0.3, 0.4) is 0 Å². The highest BCUT2D eigenvalue weighted by Gasteiger charge is 2.22. The molecule has 2 aromatic rings. The topological polar surface area (TPSA) is 65.1 Å². The lowest BCUT2D eigenvalue weighted by Crippen LogP contribution is -2.31. The van der Waals surface area contributed by atoms with Crippen LogP contribution in [0.4, 0.5) is 0 Å². The lowest BCUT2D eigenvalue weighted by atomic mass is 10.0. The quantitative estimate of drug-likeness (QED) is 0.622. The van der Waals surface area contributed by atoms with E-state index in [-0.39, 0.29) is 6.04 Å². The van der Waals surface area contributed by atoms with Crippen molar-refractivity contribution in [1.29, 1.82) is 0 Å². The molecular formula is C12H17BrN4OS. The molecule has 0 spiro atoms. The lowest BCUT2D eigenvalue weighted by molar-refractivity contribution is 0.182. The molecule has 0 aliphatic heterocycles. The van der Waals surface area contributed by atoms with Crippen molar-refractivity contribution in [3.05, 3.63) is 38.3 Å². The first kappa shape index (κ1) is 14.7. The Morgan fingerprint density at radius 1 is 1.58 bits per heavy atom. The molecule has 7 heteroatoms. The minimum absolute atomic E-state index is 0.0834. The summed E-state index contributed by atoms with van der Waals surface area (Å²) < 4.78 is 7.97. The Bertz CT molecular complexity index is 540. The molecule has 0 amide bonds. The Labute approximate surface area is 124 Å². The first-order valence-corrected chi connectivity index (χ1v) is 7.61. The number of nitrogens with one attached hydrogen (secondary N) is 1. The molecule has 2 heterocycles. The smallest absolute Gasteiger partial charge is 0.0900 e. The van der Waals surface area contributed by atoms with Crippen LogP contribution in [0, 0.1) is 6.92 Å². The number of methoxy groups -OCH3 is 1. The molecular weight excluding hydrogens is 328 g/mol. The molecule has 1 atom stereocenters. The minimum Gasteiger partial charge on any atom is -0.383 e. The van der Waals surface area contributed by atoms with E-state index in [1.807, 2.05) is 4.68 Å². The summed E-state index contributed by atoms with van der Waals surface area (Å²) in [6.07, 6.45) is 1.79. The molecule has 104 valence electrons. The fraction of sp³-hybridized carbons (Fsp3) is 0.417. The van der Waals surface area contributed by atoms with E-state index < -0.39 is 0 Å². The summed E-state index contributed by atoms with van der Waals surface area (Å²) in [7, 11) is 1.68. The normalized spacial score (nSPS) is 12.8. The molecule has 0 aliphatic rings. The zero-order chi connectivity index (χ0) is 13.8. The van der Waals surface area contributed by atoms with Crippen LogP contribution in [0.5, 0.6) is 0 Å². The van der Waals surface area contributed by atoms with E-state index in [0.29, 0.717) is 13.2 Å². The second-order valence-corrected chi connectivity index (χ2v) is 5.80. The van der Waals surface area contributed by atoms with E-state index in [2.05, 4.69) is 44.1 Å². The van der Waals surface area contributed by atoms with Gasteiger partial charge in [0.25, 0.3) is 0 Å². The van der Waals surface area contributed by atoms with Gasteiger partial charge in [-0.15, -0.1) is 0 Å². The van der Waals surface area contributed by atoms with Crippen molar-refractivity contribution in [3.63, 3.8) is 0 Å². The van der Waals surface area contributed by atoms with Crippen LogP contribution in [0.1, 0.15) is 22.9 Å². The van der Waals surface area contributed by atoms with Gasteiger partial charge < -0.3 is 4.74 Å². The number of halogens is 1. The molecule has 2 aromatic heterocycles. The van der Waals surface area contributed by atoms with Gasteiger partial charge in [-0.25, -0.2) is 5.43 Å². The number of thiophene rings is 1. The van der Waals surface area contributed by atoms with E-state index in [1.165, 1.54) is 11.1 Å². The summed E-state index contributed by atoms with van der Waals surface area (Å²) >= 11 is 5.22. The lowest BCUT2D eigenvalue weighted by Gasteiger charge is -2.18. The third kappa shape index (κ3) is 3.06. The molecule has 0 aromatic carbocycles. The highest BCUT2D eigenvalue weighted by Crippen LogP contribution is 2.31. The number of nitrogens with two attached hydrogens (primary N) is 1. The van der Waals surface area contributed by atoms with Gasteiger partial charge in [0, 0.05) is 7.11 Å². The number of ether oxygens (including phenoxy) is 1. The number of hydrazine groups is 1. The fourth-order valence-electron chi connectivity index (χ4n) is 2.00. The molecule has 19 heavy (non-hydrogen) atoms. The van der Waals surface area contributed by atoms with Gasteiger partial charge in [0.15, 0.2) is 0 Å². The van der Waals surface area contributed by atoms with Crippen molar-refractivity contribution in [1.82, 2.24) is 15.2 Å². The van der Waals surface area contributed by atoms with Gasteiger partial charge in [-0.2, -0.15) is 16.4 Å². The summed E-state index contributed by atoms with van der Waals surface area (Å²) in [4.78, 5) is 0. The molecule has 0 saturated heterocycles. The third-order valence-electron chi connectivity index (χ3n) is 2.99. The Balaban J connectivity index is 2.38. The molecule has 0 aliphatic carbocycles. The standard InChI is InChI=1S/C12H17BrN4OS/c1-8-6-19-7-9(8)11(16-14)12-10(13)5-15-17(12)3-4-18-2/h5-7,11,16H,3-4,14H2,1-2H3. The Morgan fingerprint density at radius 2 is 2.37 bits per heavy atom. The van der Waals surface area contributed by atoms with Gasteiger partial charge in [-0.3, -0.25) is 10.5 Å². The summed E-state index contributed by atoms with van der Waals surface area (Å²) in [5.74, 6) is 5.75. The minimum atomic E-state index is -0.0834. The second kappa shape index (κ2) is 6.62. The van der Waals surface area contributed by atoms with Gasteiger partial charge in [0.05, 0.1) is 35.6 Å². The average Bonchev–Trinajstić information content (AvgIpc) is 2.97. The predicted molar refractivity (Wildman–Crippen MR) is 80.0 cm³/mol. The SMILES string of the molecule is COCCn1ncc(Br)c1C(NN)c1cscc1C. The predicted octanol–water partition coefficient (Wildman–Crippen LogP) is 2.21. The zero-order valence-corrected chi connectivity index (χ0v) is 13.3. The van der Waals surface area contributed by atoms with Crippen LogP contribution in [-0.2, 0) is 11.3 Å². The largest absolute Gasteiger partial charge is 0.383 e. The Morgan fingerprint density at radius 3 is 2.95 bits per heavy atom. The average molecular weight is 345 g/mol. The molecule has 1 unspecified atom stereocenters. The van der Waals surface area contributed by atoms with E-state index in [1.54, 1.807) is 24.6 Å². The van der Waals surface area contributed by atoms with Crippen LogP contribution >= 0.6 is 27.3 Å². The number of aromatic nitrogens is 2. The third-order valence-corrected chi connectivity index (χ3v) is 4.48. The highest BCUT2D eigenvalue weighted by atomic mass is 79.9. The summed E-state index contributed by atoms with van der Waals surface area (Å²) in [6.45, 7) is 3.39. The monoisotopic (exact) mass is 344 g/mol. The zero-order valence-electron chi connectivity index (χ0n) is 10.9. The van der Waals surface area contributed by atoms with Crippen LogP contribution in [0.25, 0.3) is 0 Å². The Hall–Kier alpha value is -0.730. The van der Waals surface area contributed by atoms with Crippen molar-refractivity contribution in [2.24, 2.45) is 5.84 Å². The summed E-state index contributed by atoms with van der Waals surface area (Å²) in [5, 5.41) is 8.58. The van der Waals surface area contributed by atoms with Crippen molar-refractivity contribution >= 4 is 27.3 Å². The van der Waals surface area contributed by atoms with Crippen LogP contribution in [-0.4, -0.2) is 23.5 Å². The number of hydrogen-bond donors (Lipinski definition) is 2. The van der Waals surface area contributed by atoms with Crippen molar-refractivity contribution in [3.8, 4) is 0 Å². The summed E-state index contributed by atoms with van der Waals surface area (Å²) in [6, 6.07) is -0.0834. The molecule has 2 rings (SSSR count). The maximum absolute atomic E-state index is 5.75. The van der Waals surface area contributed by atoms with Crippen LogP contribution in [0.15, 0.2) is 21.4 Å². The van der Waals surface area contributed by atoms with Gasteiger partial charge in [-0.1, -0.05) is 0 Å². The van der Waals surface area contributed by atoms with Gasteiger partial charge in [0.2, 0.25) is 0 Å². The van der Waals surface area contributed by atoms with E-state index in [9.17, 15) is 0 Å². The van der Waals surface area contributed by atoms with E-state index in [4.69, 9.17) is 10.6 Å². The first-order valence-electron chi connectivity index (χ1n) is 5.88. The molecule has 0 fully saturated rings. The summed E-state index contributed by atoms with van der Waals surface area (Å²) in [5.41, 5.74) is 6.29. The van der Waals surface area contributed by atoms with Gasteiger partial charge in [0.1, 0.15) is 0 Å². The molecule has 0 saturated carbocycles. The molecule has 0 bridgehead atoms. The first-order chi connectivity index (χ1) is 9.19. The van der Waals surface area contributed by atoms with Crippen molar-refractivity contribution in [2.45, 2.75) is 19.5 Å². The van der Waals surface area contributed by atoms with Crippen LogP contribution in [0.2, 0.25) is 0 Å². The Kier molecular flexibility index (Phi) is 5.12. The number of rotatable bonds is 6. The molecule has 0 radical (unpaired) electrons. The molecule has 5 nitrogen and oxygen atoms in total. The highest BCUT2D eigenvalue weighted by molar-refractivity contribution is 9.10. The molecule has 3 N–H and O–H groups in total. The van der Waals surface area contributed by atoms with E-state index in [0.717, 1.165) is 10.2 Å². The van der Waals surface area contributed by atoms with E-state index >= 15 is 0 Å². The van der Waals surface area contributed by atoms with Crippen molar-refractivity contribution in [2.75, 3.05) is 13.7 Å². The fourth-order valence-corrected chi connectivity index (χ4v) is 3.40. The maximum atomic E-state index is 5.75. The number of aryl methyl sites for hydroxylation is 1. The number of nitrogens with zero attached hydrogens (tertiary/aromatic N) is 2. The second-order valence-electron chi connectivity index (χ2n) is 4.20. The van der Waals surface area contributed by atoms with Gasteiger partial charge >= 0.3 is 0 Å². The van der Waals surface area contributed by atoms with Crippen molar-refractivity contribution < 1.29 is 4.74 Å².